The van der Waals surface area contributed by atoms with Gasteiger partial charge in [0.2, 0.25) is 0 Å². The van der Waals surface area contributed by atoms with Crippen LogP contribution in [-0.4, -0.2) is 13.7 Å². The topological polar surface area (TPSA) is 30.5 Å². The summed E-state index contributed by atoms with van der Waals surface area (Å²) in [5, 5.41) is 3.47. The molecule has 0 bridgehead atoms. The SMILES string of the molecule is CCOc1cccc(CNCc2ccccc2COC)c1. The third kappa shape index (κ3) is 4.88. The van der Waals surface area contributed by atoms with Crippen molar-refractivity contribution in [2.75, 3.05) is 13.7 Å². The first-order valence-electron chi connectivity index (χ1n) is 7.31. The lowest BCUT2D eigenvalue weighted by Crippen LogP contribution is -2.14. The minimum Gasteiger partial charge on any atom is -0.494 e. The average molecular weight is 285 g/mol. The van der Waals surface area contributed by atoms with E-state index in [1.165, 1.54) is 16.7 Å². The lowest BCUT2D eigenvalue weighted by molar-refractivity contribution is 0.184. The Kier molecular flexibility index (Phi) is 6.25. The van der Waals surface area contributed by atoms with E-state index in [0.29, 0.717) is 13.2 Å². The van der Waals surface area contributed by atoms with Crippen molar-refractivity contribution in [2.45, 2.75) is 26.6 Å². The van der Waals surface area contributed by atoms with Crippen molar-refractivity contribution in [3.05, 3.63) is 65.2 Å². The summed E-state index contributed by atoms with van der Waals surface area (Å²) >= 11 is 0. The van der Waals surface area contributed by atoms with E-state index in [1.54, 1.807) is 7.11 Å². The number of ether oxygens (including phenoxy) is 2. The largest absolute Gasteiger partial charge is 0.494 e. The molecule has 0 aliphatic heterocycles. The smallest absolute Gasteiger partial charge is 0.119 e. The molecule has 21 heavy (non-hydrogen) atoms. The zero-order valence-corrected chi connectivity index (χ0v) is 12.8. The molecule has 0 aliphatic carbocycles. The molecule has 2 aromatic rings. The van der Waals surface area contributed by atoms with Gasteiger partial charge in [0, 0.05) is 20.2 Å². The fourth-order valence-electron chi connectivity index (χ4n) is 2.28. The van der Waals surface area contributed by atoms with Gasteiger partial charge in [-0.1, -0.05) is 36.4 Å². The van der Waals surface area contributed by atoms with Gasteiger partial charge < -0.3 is 14.8 Å². The predicted octanol–water partition coefficient (Wildman–Crippen LogP) is 3.52. The van der Waals surface area contributed by atoms with Crippen LogP contribution in [0.3, 0.4) is 0 Å². The van der Waals surface area contributed by atoms with Crippen LogP contribution in [0.4, 0.5) is 0 Å². The second kappa shape index (κ2) is 8.45. The van der Waals surface area contributed by atoms with E-state index >= 15 is 0 Å². The maximum atomic E-state index is 5.52. The normalized spacial score (nSPS) is 10.6. The highest BCUT2D eigenvalue weighted by Gasteiger charge is 2.01. The van der Waals surface area contributed by atoms with Crippen LogP contribution in [0.25, 0.3) is 0 Å². The lowest BCUT2D eigenvalue weighted by Gasteiger charge is -2.11. The van der Waals surface area contributed by atoms with Gasteiger partial charge >= 0.3 is 0 Å². The van der Waals surface area contributed by atoms with Crippen LogP contribution in [0, 0.1) is 0 Å². The second-order valence-electron chi connectivity index (χ2n) is 4.89. The molecule has 0 amide bonds. The fourth-order valence-corrected chi connectivity index (χ4v) is 2.28. The van der Waals surface area contributed by atoms with Crippen LogP contribution in [0.1, 0.15) is 23.6 Å². The summed E-state index contributed by atoms with van der Waals surface area (Å²) in [6.45, 7) is 5.00. The van der Waals surface area contributed by atoms with Crippen molar-refractivity contribution in [2.24, 2.45) is 0 Å². The van der Waals surface area contributed by atoms with Crippen molar-refractivity contribution in [1.82, 2.24) is 5.32 Å². The molecule has 0 aromatic heterocycles. The molecule has 0 unspecified atom stereocenters. The molecule has 0 radical (unpaired) electrons. The molecule has 3 nitrogen and oxygen atoms in total. The van der Waals surface area contributed by atoms with Gasteiger partial charge in [-0.25, -0.2) is 0 Å². The van der Waals surface area contributed by atoms with Crippen molar-refractivity contribution < 1.29 is 9.47 Å². The molecule has 1 N–H and O–H groups in total. The molecule has 3 heteroatoms. The summed E-state index contributed by atoms with van der Waals surface area (Å²) < 4.78 is 10.7. The highest BCUT2D eigenvalue weighted by Crippen LogP contribution is 2.14. The van der Waals surface area contributed by atoms with Gasteiger partial charge in [0.1, 0.15) is 5.75 Å². The van der Waals surface area contributed by atoms with E-state index in [4.69, 9.17) is 9.47 Å². The minimum atomic E-state index is 0.650. The van der Waals surface area contributed by atoms with Crippen LogP contribution in [0.15, 0.2) is 48.5 Å². The number of hydrogen-bond donors (Lipinski definition) is 1. The number of nitrogens with one attached hydrogen (secondary N) is 1. The Hall–Kier alpha value is -1.84. The standard InChI is InChI=1S/C18H23NO2/c1-3-21-18-10-6-7-15(11-18)12-19-13-16-8-4-5-9-17(16)14-20-2/h4-11,19H,3,12-14H2,1-2H3. The summed E-state index contributed by atoms with van der Waals surface area (Å²) in [6.07, 6.45) is 0. The van der Waals surface area contributed by atoms with E-state index in [0.717, 1.165) is 18.8 Å². The molecule has 112 valence electrons. The van der Waals surface area contributed by atoms with Crippen LogP contribution in [0.2, 0.25) is 0 Å². The minimum absolute atomic E-state index is 0.650. The summed E-state index contributed by atoms with van der Waals surface area (Å²) in [4.78, 5) is 0. The van der Waals surface area contributed by atoms with Crippen molar-refractivity contribution in [3.63, 3.8) is 0 Å². The highest BCUT2D eigenvalue weighted by atomic mass is 16.5. The molecule has 0 heterocycles. The van der Waals surface area contributed by atoms with Crippen molar-refractivity contribution >= 4 is 0 Å². The van der Waals surface area contributed by atoms with Crippen LogP contribution in [0.5, 0.6) is 5.75 Å². The van der Waals surface area contributed by atoms with Crippen molar-refractivity contribution in [3.8, 4) is 5.75 Å². The Balaban J connectivity index is 1.91. The Morgan fingerprint density at radius 3 is 2.52 bits per heavy atom. The van der Waals surface area contributed by atoms with E-state index < -0.39 is 0 Å². The summed E-state index contributed by atoms with van der Waals surface area (Å²) in [5.41, 5.74) is 3.74. The molecule has 2 aromatic carbocycles. The Labute approximate surface area is 126 Å². The Morgan fingerprint density at radius 2 is 1.76 bits per heavy atom. The maximum Gasteiger partial charge on any atom is 0.119 e. The van der Waals surface area contributed by atoms with E-state index in [2.05, 4.69) is 35.6 Å². The lowest BCUT2D eigenvalue weighted by atomic mass is 10.1. The monoisotopic (exact) mass is 285 g/mol. The summed E-state index contributed by atoms with van der Waals surface area (Å²) in [7, 11) is 1.73. The molecular formula is C18H23NO2. The quantitative estimate of drug-likeness (QED) is 0.805. The van der Waals surface area contributed by atoms with E-state index in [9.17, 15) is 0 Å². The Morgan fingerprint density at radius 1 is 0.952 bits per heavy atom. The third-order valence-electron chi connectivity index (χ3n) is 3.27. The first-order valence-corrected chi connectivity index (χ1v) is 7.31. The van der Waals surface area contributed by atoms with Gasteiger partial charge in [0.05, 0.1) is 13.2 Å². The van der Waals surface area contributed by atoms with Crippen LogP contribution >= 0.6 is 0 Å². The molecule has 0 atom stereocenters. The van der Waals surface area contributed by atoms with Gasteiger partial charge in [0.15, 0.2) is 0 Å². The molecular weight excluding hydrogens is 262 g/mol. The molecule has 0 spiro atoms. The van der Waals surface area contributed by atoms with Crippen molar-refractivity contribution in [1.29, 1.82) is 0 Å². The Bertz CT molecular complexity index is 554. The second-order valence-corrected chi connectivity index (χ2v) is 4.89. The number of benzene rings is 2. The van der Waals surface area contributed by atoms with E-state index in [-0.39, 0.29) is 0 Å². The van der Waals surface area contributed by atoms with Gasteiger partial charge in [-0.15, -0.1) is 0 Å². The van der Waals surface area contributed by atoms with Gasteiger partial charge in [-0.05, 0) is 35.7 Å². The zero-order chi connectivity index (χ0) is 14.9. The number of methoxy groups -OCH3 is 1. The van der Waals surface area contributed by atoms with Gasteiger partial charge in [-0.3, -0.25) is 0 Å². The van der Waals surface area contributed by atoms with Gasteiger partial charge in [-0.2, -0.15) is 0 Å². The number of hydrogen-bond acceptors (Lipinski definition) is 3. The number of rotatable bonds is 8. The fraction of sp³-hybridized carbons (Fsp3) is 0.333. The molecule has 2 rings (SSSR count). The van der Waals surface area contributed by atoms with Crippen LogP contribution in [-0.2, 0) is 24.4 Å². The van der Waals surface area contributed by atoms with Crippen LogP contribution < -0.4 is 10.1 Å². The predicted molar refractivity (Wildman–Crippen MR) is 85.3 cm³/mol. The molecule has 0 aliphatic rings. The molecule has 0 fully saturated rings. The van der Waals surface area contributed by atoms with E-state index in [1.807, 2.05) is 25.1 Å². The maximum absolute atomic E-state index is 5.52. The first-order chi connectivity index (χ1) is 10.3. The van der Waals surface area contributed by atoms with Gasteiger partial charge in [0.25, 0.3) is 0 Å². The zero-order valence-electron chi connectivity index (χ0n) is 12.8. The highest BCUT2D eigenvalue weighted by molar-refractivity contribution is 5.29. The molecule has 0 saturated heterocycles. The average Bonchev–Trinajstić information content (AvgIpc) is 2.50. The first kappa shape index (κ1) is 15.5. The molecule has 0 saturated carbocycles. The third-order valence-corrected chi connectivity index (χ3v) is 3.27. The summed E-state index contributed by atoms with van der Waals surface area (Å²) in [6, 6.07) is 16.6. The summed E-state index contributed by atoms with van der Waals surface area (Å²) in [5.74, 6) is 0.927.